The number of hydrogen-bond acceptors (Lipinski definition) is 3. The number of anilines is 1. The summed E-state index contributed by atoms with van der Waals surface area (Å²) in [5, 5.41) is 1.24. The van der Waals surface area contributed by atoms with Crippen molar-refractivity contribution in [2.75, 3.05) is 31.1 Å². The molecule has 2 saturated heterocycles. The van der Waals surface area contributed by atoms with Crippen LogP contribution in [0.4, 0.5) is 5.69 Å². The van der Waals surface area contributed by atoms with E-state index in [9.17, 15) is 4.79 Å². The van der Waals surface area contributed by atoms with Gasteiger partial charge in [-0.05, 0) is 50.7 Å². The summed E-state index contributed by atoms with van der Waals surface area (Å²) >= 11 is 0. The predicted molar refractivity (Wildman–Crippen MR) is 102 cm³/mol. The summed E-state index contributed by atoms with van der Waals surface area (Å²) in [6.45, 7) is 6.08. The summed E-state index contributed by atoms with van der Waals surface area (Å²) in [5.41, 5.74) is 3.44. The highest BCUT2D eigenvalue weighted by atomic mass is 16.2. The van der Waals surface area contributed by atoms with E-state index in [2.05, 4.69) is 52.0 Å². The SMILES string of the molecule is Cc1cc(N2CCC(CC(=O)N3CCCC3)CC2)c2ccccc2n1. The lowest BCUT2D eigenvalue weighted by molar-refractivity contribution is -0.131. The highest BCUT2D eigenvalue weighted by Crippen LogP contribution is 2.31. The minimum Gasteiger partial charge on any atom is -0.371 e. The van der Waals surface area contributed by atoms with Gasteiger partial charge in [-0.1, -0.05) is 18.2 Å². The molecule has 2 aliphatic rings. The van der Waals surface area contributed by atoms with Crippen LogP contribution in [0.2, 0.25) is 0 Å². The van der Waals surface area contributed by atoms with Gasteiger partial charge in [-0.25, -0.2) is 0 Å². The monoisotopic (exact) mass is 337 g/mol. The van der Waals surface area contributed by atoms with Crippen LogP contribution >= 0.6 is 0 Å². The largest absolute Gasteiger partial charge is 0.371 e. The van der Waals surface area contributed by atoms with E-state index in [1.165, 1.54) is 23.9 Å². The van der Waals surface area contributed by atoms with E-state index < -0.39 is 0 Å². The molecule has 0 bridgehead atoms. The normalized spacial score (nSPS) is 18.9. The Hall–Kier alpha value is -2.10. The zero-order valence-electron chi connectivity index (χ0n) is 15.1. The number of aryl methyl sites for hydroxylation is 1. The van der Waals surface area contributed by atoms with E-state index in [0.29, 0.717) is 11.8 Å². The fraction of sp³-hybridized carbons (Fsp3) is 0.524. The Labute approximate surface area is 149 Å². The smallest absolute Gasteiger partial charge is 0.222 e. The number of para-hydroxylation sites is 1. The molecule has 0 atom stereocenters. The lowest BCUT2D eigenvalue weighted by Gasteiger charge is -2.34. The van der Waals surface area contributed by atoms with Gasteiger partial charge in [0.05, 0.1) is 5.52 Å². The minimum atomic E-state index is 0.376. The number of rotatable bonds is 3. The van der Waals surface area contributed by atoms with Crippen molar-refractivity contribution < 1.29 is 4.79 Å². The highest BCUT2D eigenvalue weighted by Gasteiger charge is 2.26. The van der Waals surface area contributed by atoms with Gasteiger partial charge in [0.2, 0.25) is 5.91 Å². The number of fused-ring (bicyclic) bond motifs is 1. The summed E-state index contributed by atoms with van der Waals surface area (Å²) in [5.74, 6) is 0.916. The number of nitrogens with zero attached hydrogens (tertiary/aromatic N) is 3. The third kappa shape index (κ3) is 3.48. The van der Waals surface area contributed by atoms with Crippen molar-refractivity contribution in [1.29, 1.82) is 0 Å². The van der Waals surface area contributed by atoms with E-state index in [1.807, 2.05) is 0 Å². The standard InChI is InChI=1S/C21H27N3O/c1-16-14-20(18-6-2-3-7-19(18)22-16)23-12-8-17(9-13-23)15-21(25)24-10-4-5-11-24/h2-3,6-7,14,17H,4-5,8-13,15H2,1H3. The van der Waals surface area contributed by atoms with Crippen LogP contribution in [0.3, 0.4) is 0 Å². The number of hydrogen-bond donors (Lipinski definition) is 0. The van der Waals surface area contributed by atoms with E-state index in [1.54, 1.807) is 0 Å². The molecular weight excluding hydrogens is 310 g/mol. The topological polar surface area (TPSA) is 36.4 Å². The molecule has 2 fully saturated rings. The summed E-state index contributed by atoms with van der Waals surface area (Å²) in [4.78, 5) is 21.6. The van der Waals surface area contributed by atoms with Crippen LogP contribution in [-0.2, 0) is 4.79 Å². The molecular formula is C21H27N3O. The van der Waals surface area contributed by atoms with Crippen molar-refractivity contribution >= 4 is 22.5 Å². The molecule has 4 nitrogen and oxygen atoms in total. The van der Waals surface area contributed by atoms with Gasteiger partial charge in [0, 0.05) is 49.4 Å². The molecule has 0 saturated carbocycles. The first-order valence-electron chi connectivity index (χ1n) is 9.60. The van der Waals surface area contributed by atoms with Gasteiger partial charge in [0.15, 0.2) is 0 Å². The summed E-state index contributed by atoms with van der Waals surface area (Å²) in [6.07, 6.45) is 5.31. The van der Waals surface area contributed by atoms with Crippen LogP contribution in [0, 0.1) is 12.8 Å². The average molecular weight is 337 g/mol. The van der Waals surface area contributed by atoms with Gasteiger partial charge in [0.1, 0.15) is 0 Å². The highest BCUT2D eigenvalue weighted by molar-refractivity contribution is 5.92. The number of amides is 1. The number of piperidine rings is 1. The van der Waals surface area contributed by atoms with Crippen LogP contribution < -0.4 is 4.90 Å². The maximum Gasteiger partial charge on any atom is 0.222 e. The number of carbonyl (C=O) groups excluding carboxylic acids is 1. The molecule has 0 aliphatic carbocycles. The maximum atomic E-state index is 12.4. The second-order valence-corrected chi connectivity index (χ2v) is 7.52. The molecule has 0 radical (unpaired) electrons. The first-order chi connectivity index (χ1) is 12.2. The van der Waals surface area contributed by atoms with Crippen molar-refractivity contribution in [2.45, 2.75) is 39.0 Å². The summed E-state index contributed by atoms with van der Waals surface area (Å²) in [6, 6.07) is 10.6. The molecule has 4 heteroatoms. The van der Waals surface area contributed by atoms with Gasteiger partial charge in [0.25, 0.3) is 0 Å². The van der Waals surface area contributed by atoms with Crippen LogP contribution in [-0.4, -0.2) is 42.0 Å². The van der Waals surface area contributed by atoms with Crippen molar-refractivity contribution in [2.24, 2.45) is 5.92 Å². The number of benzene rings is 1. The van der Waals surface area contributed by atoms with Gasteiger partial charge in [-0.15, -0.1) is 0 Å². The van der Waals surface area contributed by atoms with Crippen molar-refractivity contribution in [3.05, 3.63) is 36.0 Å². The maximum absolute atomic E-state index is 12.4. The van der Waals surface area contributed by atoms with Crippen LogP contribution in [0.15, 0.2) is 30.3 Å². The number of aromatic nitrogens is 1. The lowest BCUT2D eigenvalue weighted by Crippen LogP contribution is -2.36. The Balaban J connectivity index is 1.43. The number of pyridine rings is 1. The quantitative estimate of drug-likeness (QED) is 0.855. The third-order valence-corrected chi connectivity index (χ3v) is 5.70. The molecule has 1 aromatic carbocycles. The second-order valence-electron chi connectivity index (χ2n) is 7.52. The molecule has 0 spiro atoms. The fourth-order valence-electron chi connectivity index (χ4n) is 4.27. The Morgan fingerprint density at radius 2 is 1.84 bits per heavy atom. The fourth-order valence-corrected chi connectivity index (χ4v) is 4.27. The average Bonchev–Trinajstić information content (AvgIpc) is 3.16. The van der Waals surface area contributed by atoms with Crippen molar-refractivity contribution in [3.8, 4) is 0 Å². The van der Waals surface area contributed by atoms with Crippen molar-refractivity contribution in [3.63, 3.8) is 0 Å². The molecule has 132 valence electrons. The predicted octanol–water partition coefficient (Wildman–Crippen LogP) is 3.77. The van der Waals surface area contributed by atoms with Crippen LogP contribution in [0.1, 0.15) is 37.8 Å². The second kappa shape index (κ2) is 7.03. The number of carbonyl (C=O) groups is 1. The van der Waals surface area contributed by atoms with Crippen LogP contribution in [0.25, 0.3) is 10.9 Å². The Kier molecular flexibility index (Phi) is 4.60. The Morgan fingerprint density at radius 3 is 2.60 bits per heavy atom. The molecule has 25 heavy (non-hydrogen) atoms. The van der Waals surface area contributed by atoms with Crippen molar-refractivity contribution in [1.82, 2.24) is 9.88 Å². The summed E-state index contributed by atoms with van der Waals surface area (Å²) < 4.78 is 0. The van der Waals surface area contributed by atoms with Gasteiger partial charge in [-0.3, -0.25) is 9.78 Å². The summed E-state index contributed by atoms with van der Waals surface area (Å²) in [7, 11) is 0. The van der Waals surface area contributed by atoms with Gasteiger partial charge in [-0.2, -0.15) is 0 Å². The third-order valence-electron chi connectivity index (χ3n) is 5.70. The first kappa shape index (κ1) is 16.4. The van der Waals surface area contributed by atoms with Crippen LogP contribution in [0.5, 0.6) is 0 Å². The molecule has 0 N–H and O–H groups in total. The number of likely N-dealkylation sites (tertiary alicyclic amines) is 1. The molecule has 2 aliphatic heterocycles. The van der Waals surface area contributed by atoms with E-state index in [-0.39, 0.29) is 0 Å². The minimum absolute atomic E-state index is 0.376. The van der Waals surface area contributed by atoms with Gasteiger partial charge < -0.3 is 9.80 Å². The zero-order valence-corrected chi connectivity index (χ0v) is 15.1. The van der Waals surface area contributed by atoms with E-state index in [0.717, 1.165) is 56.7 Å². The molecule has 1 aromatic heterocycles. The van der Waals surface area contributed by atoms with Gasteiger partial charge >= 0.3 is 0 Å². The molecule has 4 rings (SSSR count). The zero-order chi connectivity index (χ0) is 17.2. The molecule has 2 aromatic rings. The van der Waals surface area contributed by atoms with E-state index in [4.69, 9.17) is 0 Å². The first-order valence-corrected chi connectivity index (χ1v) is 9.60. The Morgan fingerprint density at radius 1 is 1.12 bits per heavy atom. The van der Waals surface area contributed by atoms with E-state index >= 15 is 0 Å². The molecule has 1 amide bonds. The lowest BCUT2D eigenvalue weighted by atomic mass is 9.92. The Bertz CT molecular complexity index is 759. The molecule has 3 heterocycles. The molecule has 0 unspecified atom stereocenters.